The summed E-state index contributed by atoms with van der Waals surface area (Å²) in [6, 6.07) is 17.6. The zero-order valence-electron chi connectivity index (χ0n) is 19.2. The summed E-state index contributed by atoms with van der Waals surface area (Å²) in [5, 5.41) is 6.22. The molecule has 0 bridgehead atoms. The van der Waals surface area contributed by atoms with E-state index in [2.05, 4.69) is 31.8 Å². The molecule has 0 saturated heterocycles. The van der Waals surface area contributed by atoms with Gasteiger partial charge in [0, 0.05) is 18.5 Å². The molecule has 3 rings (SSSR count). The summed E-state index contributed by atoms with van der Waals surface area (Å²) in [6.45, 7) is 2.44. The number of rotatable bonds is 9. The molecule has 0 aliphatic rings. The number of alkyl halides is 3. The third kappa shape index (κ3) is 8.53. The Labute approximate surface area is 214 Å². The molecule has 36 heavy (non-hydrogen) atoms. The largest absolute Gasteiger partial charge is 0.488 e. The maximum absolute atomic E-state index is 12.8. The Balaban J connectivity index is 1.43. The van der Waals surface area contributed by atoms with Crippen LogP contribution in [0.2, 0.25) is 0 Å². The van der Waals surface area contributed by atoms with Gasteiger partial charge >= 0.3 is 6.18 Å². The molecule has 0 fully saturated rings. The van der Waals surface area contributed by atoms with Crippen LogP contribution < -0.4 is 15.5 Å². The van der Waals surface area contributed by atoms with Gasteiger partial charge in [-0.05, 0) is 70.4 Å². The predicted molar refractivity (Wildman–Crippen MR) is 135 cm³/mol. The van der Waals surface area contributed by atoms with E-state index in [-0.39, 0.29) is 18.5 Å². The van der Waals surface area contributed by atoms with Gasteiger partial charge in [-0.1, -0.05) is 35.9 Å². The number of benzene rings is 3. The lowest BCUT2D eigenvalue weighted by molar-refractivity contribution is -0.137. The van der Waals surface area contributed by atoms with Gasteiger partial charge in [0.05, 0.1) is 16.3 Å². The van der Waals surface area contributed by atoms with Crippen LogP contribution in [0.3, 0.4) is 0 Å². The van der Waals surface area contributed by atoms with Crippen LogP contribution in [-0.4, -0.2) is 18.0 Å². The zero-order valence-corrected chi connectivity index (χ0v) is 20.8. The molecule has 3 aromatic carbocycles. The minimum Gasteiger partial charge on any atom is -0.488 e. The minimum atomic E-state index is -4.51. The minimum absolute atomic E-state index is 0.00474. The first-order valence-corrected chi connectivity index (χ1v) is 11.7. The molecule has 0 radical (unpaired) electrons. The molecular weight excluding hydrogens is 539 g/mol. The SMILES string of the molecule is Cc1ccc(COc2ccc(C=NNC(=O)CCC(=O)Nc3cccc(C(F)(F)F)c3)cc2Br)cc1. The van der Waals surface area contributed by atoms with E-state index in [9.17, 15) is 22.8 Å². The topological polar surface area (TPSA) is 79.8 Å². The highest BCUT2D eigenvalue weighted by Crippen LogP contribution is 2.30. The summed E-state index contributed by atoms with van der Waals surface area (Å²) in [7, 11) is 0. The van der Waals surface area contributed by atoms with Gasteiger partial charge in [-0.2, -0.15) is 18.3 Å². The van der Waals surface area contributed by atoms with E-state index in [0.29, 0.717) is 17.9 Å². The first-order valence-electron chi connectivity index (χ1n) is 10.9. The summed E-state index contributed by atoms with van der Waals surface area (Å²) in [5.41, 5.74) is 4.38. The first-order chi connectivity index (χ1) is 17.1. The molecule has 10 heteroatoms. The molecule has 0 atom stereocenters. The highest BCUT2D eigenvalue weighted by atomic mass is 79.9. The predicted octanol–water partition coefficient (Wildman–Crippen LogP) is 6.22. The monoisotopic (exact) mass is 561 g/mol. The van der Waals surface area contributed by atoms with Gasteiger partial charge in [0.15, 0.2) is 0 Å². The quantitative estimate of drug-likeness (QED) is 0.240. The number of nitrogens with one attached hydrogen (secondary N) is 2. The summed E-state index contributed by atoms with van der Waals surface area (Å²) in [6.07, 6.45) is -3.47. The van der Waals surface area contributed by atoms with Crippen LogP contribution in [0.4, 0.5) is 18.9 Å². The molecule has 0 heterocycles. The van der Waals surface area contributed by atoms with Crippen LogP contribution in [-0.2, 0) is 22.4 Å². The van der Waals surface area contributed by atoms with Gasteiger partial charge < -0.3 is 10.1 Å². The van der Waals surface area contributed by atoms with E-state index >= 15 is 0 Å². The number of ether oxygens (including phenoxy) is 1. The van der Waals surface area contributed by atoms with Gasteiger partial charge in [-0.15, -0.1) is 0 Å². The number of aryl methyl sites for hydroxylation is 1. The molecule has 6 nitrogen and oxygen atoms in total. The lowest BCUT2D eigenvalue weighted by atomic mass is 10.2. The number of anilines is 1. The first kappa shape index (κ1) is 26.9. The van der Waals surface area contributed by atoms with Crippen molar-refractivity contribution in [2.45, 2.75) is 32.5 Å². The third-order valence-corrected chi connectivity index (χ3v) is 5.55. The molecule has 0 aliphatic carbocycles. The Hall–Kier alpha value is -3.66. The number of carbonyl (C=O) groups is 2. The average Bonchev–Trinajstić information content (AvgIpc) is 2.83. The standard InChI is InChI=1S/C26H23BrF3N3O3/c1-17-5-7-18(8-6-17)16-36-23-10-9-19(13-22(23)27)15-31-33-25(35)12-11-24(34)32-21-4-2-3-20(14-21)26(28,29)30/h2-10,13-15H,11-12,16H2,1H3,(H,32,34)(H,33,35). The Morgan fingerprint density at radius 2 is 1.72 bits per heavy atom. The van der Waals surface area contributed by atoms with Crippen molar-refractivity contribution in [2.75, 3.05) is 5.32 Å². The van der Waals surface area contributed by atoms with E-state index in [0.717, 1.165) is 22.2 Å². The maximum atomic E-state index is 12.8. The second-order valence-electron chi connectivity index (χ2n) is 7.88. The van der Waals surface area contributed by atoms with Crippen molar-refractivity contribution in [3.8, 4) is 5.75 Å². The molecule has 188 valence electrons. The molecule has 0 spiro atoms. The highest BCUT2D eigenvalue weighted by Gasteiger charge is 2.30. The number of hydrogen-bond donors (Lipinski definition) is 2. The highest BCUT2D eigenvalue weighted by molar-refractivity contribution is 9.10. The van der Waals surface area contributed by atoms with Crippen LogP contribution in [0, 0.1) is 6.92 Å². The summed E-state index contributed by atoms with van der Waals surface area (Å²) < 4.78 is 44.8. The Kier molecular flexibility index (Phi) is 9.24. The number of halogens is 4. The maximum Gasteiger partial charge on any atom is 0.416 e. The van der Waals surface area contributed by atoms with Gasteiger partial charge in [0.2, 0.25) is 11.8 Å². The smallest absolute Gasteiger partial charge is 0.416 e. The van der Waals surface area contributed by atoms with E-state index in [1.54, 1.807) is 18.2 Å². The van der Waals surface area contributed by atoms with Crippen LogP contribution in [0.1, 0.15) is 35.1 Å². The van der Waals surface area contributed by atoms with Crippen molar-refractivity contribution in [3.63, 3.8) is 0 Å². The summed E-state index contributed by atoms with van der Waals surface area (Å²) in [5.74, 6) is -0.440. The van der Waals surface area contributed by atoms with Crippen molar-refractivity contribution < 1.29 is 27.5 Å². The molecule has 0 aliphatic heterocycles. The Morgan fingerprint density at radius 1 is 1.00 bits per heavy atom. The van der Waals surface area contributed by atoms with E-state index < -0.39 is 23.6 Å². The molecule has 0 saturated carbocycles. The molecular formula is C26H23BrF3N3O3. The fraction of sp³-hybridized carbons (Fsp3) is 0.192. The third-order valence-electron chi connectivity index (χ3n) is 4.93. The molecule has 3 aromatic rings. The van der Waals surface area contributed by atoms with Gasteiger partial charge in [-0.3, -0.25) is 9.59 Å². The lowest BCUT2D eigenvalue weighted by Crippen LogP contribution is -2.20. The van der Waals surface area contributed by atoms with Crippen LogP contribution in [0.25, 0.3) is 0 Å². The Morgan fingerprint density at radius 3 is 2.42 bits per heavy atom. The van der Waals surface area contributed by atoms with Gasteiger partial charge in [0.1, 0.15) is 12.4 Å². The number of nitrogens with zero attached hydrogens (tertiary/aromatic N) is 1. The van der Waals surface area contributed by atoms with E-state index in [1.807, 2.05) is 31.2 Å². The van der Waals surface area contributed by atoms with Crippen molar-refractivity contribution in [1.82, 2.24) is 5.43 Å². The fourth-order valence-corrected chi connectivity index (χ4v) is 3.53. The normalized spacial score (nSPS) is 11.4. The van der Waals surface area contributed by atoms with Crippen molar-refractivity contribution in [1.29, 1.82) is 0 Å². The molecule has 0 unspecified atom stereocenters. The van der Waals surface area contributed by atoms with Crippen LogP contribution >= 0.6 is 15.9 Å². The number of amides is 2. The van der Waals surface area contributed by atoms with E-state index in [1.165, 1.54) is 23.9 Å². The van der Waals surface area contributed by atoms with Crippen LogP contribution in [0.15, 0.2) is 76.3 Å². The second-order valence-corrected chi connectivity index (χ2v) is 8.74. The fourth-order valence-electron chi connectivity index (χ4n) is 3.02. The van der Waals surface area contributed by atoms with Crippen molar-refractivity contribution in [2.24, 2.45) is 5.10 Å². The Bertz CT molecular complexity index is 1250. The van der Waals surface area contributed by atoms with Crippen molar-refractivity contribution in [3.05, 3.63) is 93.5 Å². The molecule has 2 amide bonds. The number of hydrazone groups is 1. The van der Waals surface area contributed by atoms with Gasteiger partial charge in [0.25, 0.3) is 0 Å². The lowest BCUT2D eigenvalue weighted by Gasteiger charge is -2.09. The van der Waals surface area contributed by atoms with Crippen LogP contribution in [0.5, 0.6) is 5.75 Å². The average molecular weight is 562 g/mol. The number of hydrogen-bond acceptors (Lipinski definition) is 4. The molecule has 2 N–H and O–H groups in total. The van der Waals surface area contributed by atoms with Crippen molar-refractivity contribution >= 4 is 39.6 Å². The number of carbonyl (C=O) groups excluding carboxylic acids is 2. The zero-order chi connectivity index (χ0) is 26.1. The summed E-state index contributed by atoms with van der Waals surface area (Å²) >= 11 is 3.46. The van der Waals surface area contributed by atoms with E-state index in [4.69, 9.17) is 4.74 Å². The molecule has 0 aromatic heterocycles. The van der Waals surface area contributed by atoms with Gasteiger partial charge in [-0.25, -0.2) is 5.43 Å². The second kappa shape index (κ2) is 12.3. The summed E-state index contributed by atoms with van der Waals surface area (Å²) in [4.78, 5) is 23.9.